The number of halogens is 3. The van der Waals surface area contributed by atoms with Gasteiger partial charge in [-0.3, -0.25) is 9.78 Å². The van der Waals surface area contributed by atoms with E-state index < -0.39 is 11.7 Å². The zero-order chi connectivity index (χ0) is 18.0. The van der Waals surface area contributed by atoms with Crippen molar-refractivity contribution in [1.29, 1.82) is 0 Å². The Morgan fingerprint density at radius 3 is 2.52 bits per heavy atom. The molecule has 1 aromatic carbocycles. The average Bonchev–Trinajstić information content (AvgIpc) is 2.96. The summed E-state index contributed by atoms with van der Waals surface area (Å²) >= 11 is 0. The van der Waals surface area contributed by atoms with Crippen LogP contribution in [-0.4, -0.2) is 10.9 Å². The zero-order valence-electron chi connectivity index (χ0n) is 13.7. The fraction of sp³-hybridized carbons (Fsp3) is 0.263. The van der Waals surface area contributed by atoms with Crippen LogP contribution in [0.4, 0.5) is 13.2 Å². The molecular formula is C19H17F3N2O. The fourth-order valence-electron chi connectivity index (χ4n) is 2.76. The van der Waals surface area contributed by atoms with E-state index >= 15 is 0 Å². The molecule has 0 radical (unpaired) electrons. The Labute approximate surface area is 143 Å². The minimum absolute atomic E-state index is 0.0191. The van der Waals surface area contributed by atoms with Crippen molar-refractivity contribution < 1.29 is 18.0 Å². The number of aromatic nitrogens is 1. The largest absolute Gasteiger partial charge is 0.416 e. The lowest BCUT2D eigenvalue weighted by Crippen LogP contribution is -2.23. The Kier molecular flexibility index (Phi) is 4.61. The summed E-state index contributed by atoms with van der Waals surface area (Å²) in [6.45, 7) is 2.03. The van der Waals surface area contributed by atoms with Crippen LogP contribution in [0.15, 0.2) is 42.5 Å². The van der Waals surface area contributed by atoms with Crippen LogP contribution in [-0.2, 0) is 30.2 Å². The van der Waals surface area contributed by atoms with Crippen molar-refractivity contribution in [3.63, 3.8) is 0 Å². The molecular weight excluding hydrogens is 329 g/mol. The number of nitrogens with one attached hydrogen (secondary N) is 1. The van der Waals surface area contributed by atoms with Crippen molar-refractivity contribution in [2.45, 2.75) is 32.4 Å². The van der Waals surface area contributed by atoms with Gasteiger partial charge < -0.3 is 5.32 Å². The molecule has 0 bridgehead atoms. The molecule has 1 aliphatic rings. The molecule has 2 aromatic rings. The summed E-state index contributed by atoms with van der Waals surface area (Å²) in [4.78, 5) is 16.7. The molecule has 0 unspecified atom stereocenters. The molecule has 3 nitrogen and oxygen atoms in total. The van der Waals surface area contributed by atoms with Crippen molar-refractivity contribution >= 4 is 11.6 Å². The number of alkyl halides is 3. The van der Waals surface area contributed by atoms with Crippen molar-refractivity contribution in [3.05, 3.63) is 70.6 Å². The Morgan fingerprint density at radius 2 is 1.88 bits per heavy atom. The highest BCUT2D eigenvalue weighted by Crippen LogP contribution is 2.29. The van der Waals surface area contributed by atoms with Crippen molar-refractivity contribution in [3.8, 4) is 0 Å². The van der Waals surface area contributed by atoms with Crippen LogP contribution in [0, 0.1) is 0 Å². The van der Waals surface area contributed by atoms with E-state index in [0.29, 0.717) is 17.7 Å². The summed E-state index contributed by atoms with van der Waals surface area (Å²) in [5.41, 5.74) is 3.36. The highest BCUT2D eigenvalue weighted by atomic mass is 19.4. The first-order chi connectivity index (χ1) is 11.9. The topological polar surface area (TPSA) is 42.0 Å². The molecule has 0 fully saturated rings. The van der Waals surface area contributed by atoms with Crippen molar-refractivity contribution in [2.24, 2.45) is 0 Å². The number of hydrogen-bond donors (Lipinski definition) is 1. The maximum absolute atomic E-state index is 12.6. The monoisotopic (exact) mass is 346 g/mol. The highest BCUT2D eigenvalue weighted by molar-refractivity contribution is 5.89. The lowest BCUT2D eigenvalue weighted by molar-refractivity contribution is -0.137. The molecule has 1 N–H and O–H groups in total. The lowest BCUT2D eigenvalue weighted by Gasteiger charge is -2.10. The summed E-state index contributed by atoms with van der Waals surface area (Å²) in [6, 6.07) is 8.51. The molecule has 130 valence electrons. The number of rotatable bonds is 4. The first-order valence-corrected chi connectivity index (χ1v) is 8.02. The minimum Gasteiger partial charge on any atom is -0.325 e. The highest BCUT2D eigenvalue weighted by Gasteiger charge is 2.30. The van der Waals surface area contributed by atoms with E-state index in [4.69, 9.17) is 0 Å². The predicted molar refractivity (Wildman–Crippen MR) is 88.6 cm³/mol. The summed E-state index contributed by atoms with van der Waals surface area (Å²) in [6.07, 6.45) is -0.932. The number of pyridine rings is 1. The van der Waals surface area contributed by atoms with E-state index in [1.165, 1.54) is 12.1 Å². The van der Waals surface area contributed by atoms with E-state index in [-0.39, 0.29) is 12.3 Å². The lowest BCUT2D eigenvalue weighted by atomic mass is 10.1. The third-order valence-corrected chi connectivity index (χ3v) is 4.10. The van der Waals surface area contributed by atoms with E-state index in [0.717, 1.165) is 35.5 Å². The van der Waals surface area contributed by atoms with Gasteiger partial charge in [0.25, 0.3) is 0 Å². The average molecular weight is 346 g/mol. The molecule has 0 aliphatic heterocycles. The maximum Gasteiger partial charge on any atom is 0.416 e. The molecule has 0 atom stereocenters. The fourth-order valence-corrected chi connectivity index (χ4v) is 2.76. The predicted octanol–water partition coefficient (Wildman–Crippen LogP) is 3.92. The zero-order valence-corrected chi connectivity index (χ0v) is 13.7. The van der Waals surface area contributed by atoms with Gasteiger partial charge in [0, 0.05) is 23.4 Å². The third-order valence-electron chi connectivity index (χ3n) is 4.10. The molecule has 0 saturated heterocycles. The Balaban J connectivity index is 1.65. The van der Waals surface area contributed by atoms with Gasteiger partial charge in [-0.25, -0.2) is 0 Å². The van der Waals surface area contributed by atoms with Gasteiger partial charge in [0.1, 0.15) is 0 Å². The molecule has 3 rings (SSSR count). The number of carbonyl (C=O) groups is 1. The van der Waals surface area contributed by atoms with Crippen LogP contribution >= 0.6 is 0 Å². The molecule has 1 amide bonds. The van der Waals surface area contributed by atoms with E-state index in [2.05, 4.69) is 10.3 Å². The van der Waals surface area contributed by atoms with Gasteiger partial charge in [0.15, 0.2) is 0 Å². The number of fused-ring (bicyclic) bond motifs is 1. The molecule has 0 saturated carbocycles. The van der Waals surface area contributed by atoms with Gasteiger partial charge in [0.05, 0.1) is 17.7 Å². The smallest absolute Gasteiger partial charge is 0.325 e. The standard InChI is InChI=1S/C19H17F3N2O/c1-2-14-7-8-15-16(23-14)9-10-17(15)24-18(25)11-12-3-5-13(6-4-12)19(20,21)22/h3-8,10H,2,9,11H2,1H3,(H,24,25). The first kappa shape index (κ1) is 17.2. The van der Waals surface area contributed by atoms with Gasteiger partial charge in [-0.1, -0.05) is 25.1 Å². The van der Waals surface area contributed by atoms with Crippen LogP contribution in [0.5, 0.6) is 0 Å². The second-order valence-electron chi connectivity index (χ2n) is 5.89. The second-order valence-corrected chi connectivity index (χ2v) is 5.89. The molecule has 1 heterocycles. The van der Waals surface area contributed by atoms with Crippen LogP contribution in [0.25, 0.3) is 5.70 Å². The second kappa shape index (κ2) is 6.70. The first-order valence-electron chi connectivity index (χ1n) is 8.02. The van der Waals surface area contributed by atoms with Crippen molar-refractivity contribution in [2.75, 3.05) is 0 Å². The number of hydrogen-bond acceptors (Lipinski definition) is 2. The van der Waals surface area contributed by atoms with Crippen LogP contribution in [0.1, 0.15) is 35.0 Å². The number of benzene rings is 1. The van der Waals surface area contributed by atoms with Gasteiger partial charge >= 0.3 is 6.18 Å². The number of nitrogens with zero attached hydrogens (tertiary/aromatic N) is 1. The summed E-state index contributed by atoms with van der Waals surface area (Å²) < 4.78 is 37.7. The number of amides is 1. The van der Waals surface area contributed by atoms with Gasteiger partial charge in [-0.2, -0.15) is 13.2 Å². The van der Waals surface area contributed by atoms with Crippen LogP contribution < -0.4 is 5.32 Å². The quantitative estimate of drug-likeness (QED) is 0.912. The van der Waals surface area contributed by atoms with Crippen molar-refractivity contribution in [1.82, 2.24) is 10.3 Å². The molecule has 1 aromatic heterocycles. The summed E-state index contributed by atoms with van der Waals surface area (Å²) in [5, 5.41) is 2.83. The molecule has 6 heteroatoms. The number of carbonyl (C=O) groups excluding carboxylic acids is 1. The van der Waals surface area contributed by atoms with Crippen LogP contribution in [0.2, 0.25) is 0 Å². The Hall–Kier alpha value is -2.63. The molecule has 1 aliphatic carbocycles. The molecule has 0 spiro atoms. The Bertz CT molecular complexity index is 824. The van der Waals surface area contributed by atoms with Crippen LogP contribution in [0.3, 0.4) is 0 Å². The van der Waals surface area contributed by atoms with Gasteiger partial charge in [0.2, 0.25) is 5.91 Å². The van der Waals surface area contributed by atoms with E-state index in [9.17, 15) is 18.0 Å². The van der Waals surface area contributed by atoms with E-state index in [1.807, 2.05) is 25.1 Å². The summed E-state index contributed by atoms with van der Waals surface area (Å²) in [5.74, 6) is -0.265. The SMILES string of the molecule is CCc1ccc2c(n1)CC=C2NC(=O)Cc1ccc(C(F)(F)F)cc1. The third kappa shape index (κ3) is 3.90. The molecule has 25 heavy (non-hydrogen) atoms. The number of aryl methyl sites for hydroxylation is 1. The minimum atomic E-state index is -4.37. The van der Waals surface area contributed by atoms with E-state index in [1.54, 1.807) is 0 Å². The number of allylic oxidation sites excluding steroid dienone is 1. The van der Waals surface area contributed by atoms with Gasteiger partial charge in [-0.15, -0.1) is 0 Å². The van der Waals surface area contributed by atoms with Gasteiger partial charge in [-0.05, 0) is 36.2 Å². The summed E-state index contributed by atoms with van der Waals surface area (Å²) in [7, 11) is 0. The normalized spacial score (nSPS) is 13.4. The Morgan fingerprint density at radius 1 is 1.16 bits per heavy atom. The maximum atomic E-state index is 12.6.